The monoisotopic (exact) mass is 538 g/mol. The fourth-order valence-electron chi connectivity index (χ4n) is 4.31. The van der Waals surface area contributed by atoms with Crippen LogP contribution in [0.25, 0.3) is 36.4 Å². The molecule has 0 spiro atoms. The summed E-state index contributed by atoms with van der Waals surface area (Å²) in [6.07, 6.45) is 4.54. The Morgan fingerprint density at radius 3 is 2.78 bits per heavy atom. The van der Waals surface area contributed by atoms with Crippen LogP contribution in [-0.2, 0) is 6.54 Å². The summed E-state index contributed by atoms with van der Waals surface area (Å²) in [5.41, 5.74) is -0.393. The van der Waals surface area contributed by atoms with Crippen molar-refractivity contribution in [3.8, 4) is 27.9 Å². The number of fused-ring (bicyclic) bond motifs is 2. The first-order valence-electron chi connectivity index (χ1n) is 10.9. The van der Waals surface area contributed by atoms with Crippen molar-refractivity contribution in [2.24, 2.45) is 5.41 Å². The maximum Gasteiger partial charge on any atom is 0.336 e. The zero-order valence-corrected chi connectivity index (χ0v) is 21.1. The maximum absolute atomic E-state index is 14.2. The smallest absolute Gasteiger partial charge is 0.336 e. The molecule has 6 rings (SSSR count). The number of thiophene rings is 2. The van der Waals surface area contributed by atoms with Crippen molar-refractivity contribution in [1.29, 1.82) is 5.26 Å². The number of hydrogen-bond donors (Lipinski definition) is 0. The average Bonchev–Trinajstić information content (AvgIpc) is 3.25. The molecule has 7 nitrogen and oxygen atoms in total. The molecule has 1 fully saturated rings. The summed E-state index contributed by atoms with van der Waals surface area (Å²) in [6, 6.07) is 8.53. The molecule has 0 atom stereocenters. The van der Waals surface area contributed by atoms with E-state index in [1.54, 1.807) is 12.3 Å². The zero-order valence-electron chi connectivity index (χ0n) is 18.7. The Labute approximate surface area is 216 Å². The minimum Gasteiger partial charge on any atom is -0.494 e. The van der Waals surface area contributed by atoms with Gasteiger partial charge in [0.05, 0.1) is 45.7 Å². The molecular weight excluding hydrogens is 523 g/mol. The summed E-state index contributed by atoms with van der Waals surface area (Å²) in [6.45, 7) is 0.156. The van der Waals surface area contributed by atoms with E-state index in [0.717, 1.165) is 32.1 Å². The van der Waals surface area contributed by atoms with Crippen LogP contribution < -0.4 is 16.0 Å². The summed E-state index contributed by atoms with van der Waals surface area (Å²) in [5.74, 6) is -0.591. The van der Waals surface area contributed by atoms with Gasteiger partial charge >= 0.3 is 5.69 Å². The Morgan fingerprint density at radius 1 is 1.25 bits per heavy atom. The van der Waals surface area contributed by atoms with Gasteiger partial charge in [0.1, 0.15) is 4.70 Å². The first kappa shape index (κ1) is 22.9. The quantitative estimate of drug-likeness (QED) is 0.291. The molecule has 1 aliphatic carbocycles. The minimum absolute atomic E-state index is 0.0125. The fraction of sp³-hybridized carbons (Fsp3) is 0.200. The van der Waals surface area contributed by atoms with E-state index in [4.69, 9.17) is 16.3 Å². The number of hydrogen-bond acceptors (Lipinski definition) is 7. The molecule has 1 aliphatic rings. The second kappa shape index (κ2) is 8.27. The summed E-state index contributed by atoms with van der Waals surface area (Å²) < 4.78 is 23.0. The summed E-state index contributed by atoms with van der Waals surface area (Å²) in [5, 5.41) is 12.6. The van der Waals surface area contributed by atoms with Crippen molar-refractivity contribution in [1.82, 2.24) is 14.1 Å². The molecule has 0 unspecified atom stereocenters. The second-order valence-electron chi connectivity index (χ2n) is 8.69. The maximum atomic E-state index is 14.2. The molecule has 1 saturated carbocycles. The van der Waals surface area contributed by atoms with E-state index in [2.05, 4.69) is 11.1 Å². The highest BCUT2D eigenvalue weighted by Gasteiger charge is 2.44. The number of ether oxygens (including phenoxy) is 1. The van der Waals surface area contributed by atoms with Gasteiger partial charge in [-0.25, -0.2) is 13.8 Å². The van der Waals surface area contributed by atoms with Crippen molar-refractivity contribution in [2.75, 3.05) is 7.11 Å². The van der Waals surface area contributed by atoms with Crippen molar-refractivity contribution in [3.05, 3.63) is 73.7 Å². The third-order valence-electron chi connectivity index (χ3n) is 6.46. The predicted molar refractivity (Wildman–Crippen MR) is 139 cm³/mol. The van der Waals surface area contributed by atoms with E-state index < -0.39 is 22.5 Å². The predicted octanol–water partition coefficient (Wildman–Crippen LogP) is 5.60. The van der Waals surface area contributed by atoms with Crippen LogP contribution in [-0.4, -0.2) is 21.2 Å². The van der Waals surface area contributed by atoms with Crippen molar-refractivity contribution < 1.29 is 9.13 Å². The van der Waals surface area contributed by atoms with Gasteiger partial charge in [0.2, 0.25) is 0 Å². The van der Waals surface area contributed by atoms with Gasteiger partial charge < -0.3 is 4.74 Å². The van der Waals surface area contributed by atoms with Crippen LogP contribution in [0.15, 0.2) is 51.6 Å². The molecule has 1 aromatic carbocycles. The molecule has 0 aliphatic heterocycles. The number of halogens is 2. The summed E-state index contributed by atoms with van der Waals surface area (Å²) in [4.78, 5) is 32.4. The molecular formula is C25H16ClFN4O3S2. The standard InChI is InChI=1S/C25H16ClFN4O3S2/c1-34-19-6-14(15(26)7-16(19)27)20-8-17-22(36-20)23(32)31(18-10-29-9-13-2-5-35-21(13)18)24(33)30(17)12-25(11-28)3-4-25/h2,5-10H,3-4,12H2,1H3. The van der Waals surface area contributed by atoms with Crippen LogP contribution in [0.1, 0.15) is 12.8 Å². The van der Waals surface area contributed by atoms with Crippen LogP contribution in [0.3, 0.4) is 0 Å². The van der Waals surface area contributed by atoms with Gasteiger partial charge in [-0.15, -0.1) is 22.7 Å². The third-order valence-corrected chi connectivity index (χ3v) is 8.87. The zero-order chi connectivity index (χ0) is 25.2. The number of aromatic nitrogens is 3. The number of nitriles is 1. The van der Waals surface area contributed by atoms with E-state index >= 15 is 0 Å². The van der Waals surface area contributed by atoms with Gasteiger partial charge in [-0.05, 0) is 42.5 Å². The molecule has 5 aromatic rings. The van der Waals surface area contributed by atoms with Gasteiger partial charge in [0, 0.05) is 28.6 Å². The van der Waals surface area contributed by atoms with Gasteiger partial charge in [0.15, 0.2) is 11.6 Å². The van der Waals surface area contributed by atoms with Crippen LogP contribution in [0.5, 0.6) is 5.75 Å². The molecule has 0 bridgehead atoms. The molecule has 4 aromatic heterocycles. The number of nitrogens with zero attached hydrogens (tertiary/aromatic N) is 4. The van der Waals surface area contributed by atoms with Gasteiger partial charge in [-0.2, -0.15) is 5.26 Å². The fourth-order valence-corrected chi connectivity index (χ4v) is 6.62. The first-order chi connectivity index (χ1) is 17.4. The molecule has 0 radical (unpaired) electrons. The lowest BCUT2D eigenvalue weighted by Crippen LogP contribution is -2.39. The summed E-state index contributed by atoms with van der Waals surface area (Å²) >= 11 is 8.93. The molecule has 11 heteroatoms. The molecule has 36 heavy (non-hydrogen) atoms. The Morgan fingerprint density at radius 2 is 2.06 bits per heavy atom. The van der Waals surface area contributed by atoms with Crippen LogP contribution in [0.4, 0.5) is 4.39 Å². The van der Waals surface area contributed by atoms with Crippen LogP contribution >= 0.6 is 34.3 Å². The number of pyridine rings is 1. The SMILES string of the molecule is COc1cc(-c2cc3c(s2)c(=O)n(-c2cncc4ccsc24)c(=O)n3CC2(C#N)CC2)c(Cl)cc1F. The Hall–Kier alpha value is -3.52. The highest BCUT2D eigenvalue weighted by Crippen LogP contribution is 2.47. The number of benzene rings is 1. The number of methoxy groups -OCH3 is 1. The highest BCUT2D eigenvalue weighted by molar-refractivity contribution is 7.22. The van der Waals surface area contributed by atoms with Crippen LogP contribution in [0, 0.1) is 22.6 Å². The lowest BCUT2D eigenvalue weighted by Gasteiger charge is -2.14. The van der Waals surface area contributed by atoms with Crippen LogP contribution in [0.2, 0.25) is 5.02 Å². The van der Waals surface area contributed by atoms with E-state index in [0.29, 0.717) is 39.2 Å². The third kappa shape index (κ3) is 3.46. The summed E-state index contributed by atoms with van der Waals surface area (Å²) in [7, 11) is 1.35. The average molecular weight is 539 g/mol. The van der Waals surface area contributed by atoms with E-state index in [1.807, 2.05) is 11.4 Å². The van der Waals surface area contributed by atoms with E-state index in [9.17, 15) is 19.2 Å². The topological polar surface area (TPSA) is 89.9 Å². The molecule has 0 N–H and O–H groups in total. The molecule has 4 heterocycles. The van der Waals surface area contributed by atoms with E-state index in [1.165, 1.54) is 35.3 Å². The Bertz CT molecular complexity index is 1860. The molecule has 0 saturated heterocycles. The lowest BCUT2D eigenvalue weighted by atomic mass is 10.1. The van der Waals surface area contributed by atoms with Crippen molar-refractivity contribution in [2.45, 2.75) is 19.4 Å². The van der Waals surface area contributed by atoms with Crippen molar-refractivity contribution >= 4 is 54.6 Å². The van der Waals surface area contributed by atoms with Gasteiger partial charge in [-0.1, -0.05) is 11.6 Å². The Kier molecular flexibility index (Phi) is 5.26. The minimum atomic E-state index is -0.648. The van der Waals surface area contributed by atoms with Gasteiger partial charge in [0.25, 0.3) is 5.56 Å². The normalized spacial score (nSPS) is 14.3. The highest BCUT2D eigenvalue weighted by atomic mass is 35.5. The van der Waals surface area contributed by atoms with Crippen molar-refractivity contribution in [3.63, 3.8) is 0 Å². The first-order valence-corrected chi connectivity index (χ1v) is 13.0. The largest absolute Gasteiger partial charge is 0.494 e. The van der Waals surface area contributed by atoms with E-state index in [-0.39, 0.29) is 17.3 Å². The molecule has 180 valence electrons. The van der Waals surface area contributed by atoms with Gasteiger partial charge in [-0.3, -0.25) is 14.3 Å². The lowest BCUT2D eigenvalue weighted by molar-refractivity contribution is 0.387. The second-order valence-corrected chi connectivity index (χ2v) is 11.1. The molecule has 0 amide bonds. The Balaban J connectivity index is 1.67. The number of rotatable bonds is 5.